The van der Waals surface area contributed by atoms with Crippen LogP contribution in [0.2, 0.25) is 0 Å². The van der Waals surface area contributed by atoms with Crippen LogP contribution in [-0.4, -0.2) is 43.7 Å². The summed E-state index contributed by atoms with van der Waals surface area (Å²) in [6, 6.07) is 3.92. The summed E-state index contributed by atoms with van der Waals surface area (Å²) in [5.74, 6) is 1.02. The van der Waals surface area contributed by atoms with Crippen LogP contribution in [0.4, 0.5) is 0 Å². The number of rotatable bonds is 5. The molecule has 0 atom stereocenters. The van der Waals surface area contributed by atoms with Crippen LogP contribution in [0.5, 0.6) is 0 Å². The van der Waals surface area contributed by atoms with E-state index in [2.05, 4.69) is 20.4 Å². The number of aryl methyl sites for hydroxylation is 2. The summed E-state index contributed by atoms with van der Waals surface area (Å²) < 4.78 is 1.68. The minimum absolute atomic E-state index is 0.0752. The zero-order valence-corrected chi connectivity index (χ0v) is 13.7. The second kappa shape index (κ2) is 6.43. The molecule has 0 aliphatic rings. The first kappa shape index (κ1) is 15.6. The van der Waals surface area contributed by atoms with Crippen LogP contribution in [-0.2, 0) is 11.2 Å². The summed E-state index contributed by atoms with van der Waals surface area (Å²) in [6.45, 7) is 3.94. The number of thiophene rings is 1. The zero-order valence-electron chi connectivity index (χ0n) is 12.9. The number of carbonyl (C=O) groups excluding carboxylic acids is 1. The van der Waals surface area contributed by atoms with E-state index in [4.69, 9.17) is 5.11 Å². The monoisotopic (exact) mass is 331 g/mol. The highest BCUT2D eigenvalue weighted by Gasteiger charge is 2.16. The second-order valence-electron chi connectivity index (χ2n) is 5.14. The fourth-order valence-electron chi connectivity index (χ4n) is 2.39. The first-order chi connectivity index (χ1) is 11.1. The molecule has 3 rings (SSSR count). The minimum Gasteiger partial charge on any atom is -0.395 e. The smallest absolute Gasteiger partial charge is 0.253 e. The first-order valence-electron chi connectivity index (χ1n) is 7.24. The molecule has 3 heterocycles. The molecular formula is C15H17N5O2S. The van der Waals surface area contributed by atoms with Crippen LogP contribution >= 0.6 is 11.3 Å². The lowest BCUT2D eigenvalue weighted by atomic mass is 10.1. The Morgan fingerprint density at radius 1 is 1.39 bits per heavy atom. The van der Waals surface area contributed by atoms with Gasteiger partial charge in [0.05, 0.1) is 17.9 Å². The predicted octanol–water partition coefficient (Wildman–Crippen LogP) is 1.12. The van der Waals surface area contributed by atoms with E-state index in [9.17, 15) is 4.79 Å². The number of aromatic nitrogens is 4. The van der Waals surface area contributed by atoms with E-state index in [1.54, 1.807) is 15.9 Å². The SMILES string of the molecule is Cc1nc2nc(-c3cccs3)nn2c(C)c1CC(=O)NCCO. The van der Waals surface area contributed by atoms with Crippen molar-refractivity contribution in [2.75, 3.05) is 13.2 Å². The van der Waals surface area contributed by atoms with Crippen molar-refractivity contribution in [3.8, 4) is 10.7 Å². The van der Waals surface area contributed by atoms with Gasteiger partial charge >= 0.3 is 0 Å². The number of hydrogen-bond donors (Lipinski definition) is 2. The first-order valence-corrected chi connectivity index (χ1v) is 8.12. The average Bonchev–Trinajstić information content (AvgIpc) is 3.18. The molecule has 7 nitrogen and oxygen atoms in total. The van der Waals surface area contributed by atoms with Crippen molar-refractivity contribution < 1.29 is 9.90 Å². The van der Waals surface area contributed by atoms with Gasteiger partial charge in [0.25, 0.3) is 5.78 Å². The van der Waals surface area contributed by atoms with Gasteiger partial charge in [-0.3, -0.25) is 4.79 Å². The predicted molar refractivity (Wildman–Crippen MR) is 87.4 cm³/mol. The molecule has 1 amide bonds. The third kappa shape index (κ3) is 3.08. The number of amides is 1. The Morgan fingerprint density at radius 3 is 2.91 bits per heavy atom. The molecule has 0 bridgehead atoms. The van der Waals surface area contributed by atoms with Crippen LogP contribution in [0.3, 0.4) is 0 Å². The molecular weight excluding hydrogens is 314 g/mol. The third-order valence-corrected chi connectivity index (χ3v) is 4.43. The molecule has 2 N–H and O–H groups in total. The van der Waals surface area contributed by atoms with Crippen LogP contribution in [0.25, 0.3) is 16.5 Å². The molecule has 0 unspecified atom stereocenters. The van der Waals surface area contributed by atoms with Crippen LogP contribution in [0.15, 0.2) is 17.5 Å². The van der Waals surface area contributed by atoms with Gasteiger partial charge < -0.3 is 10.4 Å². The van der Waals surface area contributed by atoms with Gasteiger partial charge in [-0.25, -0.2) is 9.50 Å². The van der Waals surface area contributed by atoms with E-state index in [1.807, 2.05) is 31.4 Å². The van der Waals surface area contributed by atoms with Crippen molar-refractivity contribution in [1.82, 2.24) is 24.9 Å². The number of fused-ring (bicyclic) bond motifs is 1. The van der Waals surface area contributed by atoms with Crippen molar-refractivity contribution in [3.63, 3.8) is 0 Å². The van der Waals surface area contributed by atoms with Crippen molar-refractivity contribution in [2.45, 2.75) is 20.3 Å². The van der Waals surface area contributed by atoms with Gasteiger partial charge in [0.15, 0.2) is 5.82 Å². The molecule has 0 saturated heterocycles. The Balaban J connectivity index is 1.98. The molecule has 3 aromatic heterocycles. The maximum Gasteiger partial charge on any atom is 0.253 e. The summed E-state index contributed by atoms with van der Waals surface area (Å²) in [5, 5.41) is 17.9. The number of nitrogens with zero attached hydrogens (tertiary/aromatic N) is 4. The summed E-state index contributed by atoms with van der Waals surface area (Å²) in [4.78, 5) is 21.8. The van der Waals surface area contributed by atoms with Crippen molar-refractivity contribution in [2.24, 2.45) is 0 Å². The van der Waals surface area contributed by atoms with E-state index in [-0.39, 0.29) is 25.5 Å². The van der Waals surface area contributed by atoms with Gasteiger partial charge in [-0.2, -0.15) is 4.98 Å². The summed E-state index contributed by atoms with van der Waals surface area (Å²) >= 11 is 1.57. The van der Waals surface area contributed by atoms with Crippen LogP contribution in [0, 0.1) is 13.8 Å². The van der Waals surface area contributed by atoms with E-state index >= 15 is 0 Å². The van der Waals surface area contributed by atoms with Gasteiger partial charge in [0, 0.05) is 23.5 Å². The van der Waals surface area contributed by atoms with E-state index in [0.29, 0.717) is 11.6 Å². The maximum absolute atomic E-state index is 11.9. The van der Waals surface area contributed by atoms with Gasteiger partial charge in [-0.1, -0.05) is 6.07 Å². The van der Waals surface area contributed by atoms with E-state index in [1.165, 1.54) is 0 Å². The number of nitrogens with one attached hydrogen (secondary N) is 1. The van der Waals surface area contributed by atoms with Gasteiger partial charge in [0.1, 0.15) is 0 Å². The summed E-state index contributed by atoms with van der Waals surface area (Å²) in [6.07, 6.45) is 0.203. The number of carbonyl (C=O) groups is 1. The Hall–Kier alpha value is -2.32. The van der Waals surface area contributed by atoms with E-state index < -0.39 is 0 Å². The molecule has 0 aliphatic carbocycles. The number of aliphatic hydroxyl groups excluding tert-OH is 1. The molecule has 0 aromatic carbocycles. The van der Waals surface area contributed by atoms with Gasteiger partial charge in [-0.05, 0) is 25.3 Å². The maximum atomic E-state index is 11.9. The Bertz CT molecular complexity index is 841. The Labute approximate surface area is 137 Å². The lowest BCUT2D eigenvalue weighted by Crippen LogP contribution is -2.28. The quantitative estimate of drug-likeness (QED) is 0.731. The number of hydrogen-bond acceptors (Lipinski definition) is 6. The van der Waals surface area contributed by atoms with Gasteiger partial charge in [-0.15, -0.1) is 16.4 Å². The molecule has 0 spiro atoms. The largest absolute Gasteiger partial charge is 0.395 e. The van der Waals surface area contributed by atoms with Crippen LogP contribution < -0.4 is 5.32 Å². The standard InChI is InChI=1S/C15H17N5O2S/c1-9-11(8-13(22)16-5-6-21)10(2)20-15(17-9)18-14(19-20)12-4-3-7-23-12/h3-4,7,21H,5-6,8H2,1-2H3,(H,16,22). The highest BCUT2D eigenvalue weighted by Crippen LogP contribution is 2.23. The topological polar surface area (TPSA) is 92.4 Å². The fourth-order valence-corrected chi connectivity index (χ4v) is 3.05. The Morgan fingerprint density at radius 2 is 2.22 bits per heavy atom. The highest BCUT2D eigenvalue weighted by molar-refractivity contribution is 7.13. The molecule has 3 aromatic rings. The third-order valence-electron chi connectivity index (χ3n) is 3.56. The lowest BCUT2D eigenvalue weighted by Gasteiger charge is -2.10. The molecule has 0 aliphatic heterocycles. The minimum atomic E-state index is -0.148. The van der Waals surface area contributed by atoms with Crippen LogP contribution in [0.1, 0.15) is 17.0 Å². The molecule has 8 heteroatoms. The van der Waals surface area contributed by atoms with Crippen molar-refractivity contribution in [3.05, 3.63) is 34.5 Å². The summed E-state index contributed by atoms with van der Waals surface area (Å²) in [5.41, 5.74) is 2.44. The molecule has 0 radical (unpaired) electrons. The zero-order chi connectivity index (χ0) is 16.4. The Kier molecular flexibility index (Phi) is 4.35. The van der Waals surface area contributed by atoms with Crippen molar-refractivity contribution in [1.29, 1.82) is 0 Å². The summed E-state index contributed by atoms with van der Waals surface area (Å²) in [7, 11) is 0. The highest BCUT2D eigenvalue weighted by atomic mass is 32.1. The molecule has 0 saturated carbocycles. The molecule has 23 heavy (non-hydrogen) atoms. The number of aliphatic hydroxyl groups is 1. The lowest BCUT2D eigenvalue weighted by molar-refractivity contribution is -0.120. The van der Waals surface area contributed by atoms with Crippen molar-refractivity contribution >= 4 is 23.0 Å². The second-order valence-corrected chi connectivity index (χ2v) is 6.08. The fraction of sp³-hybridized carbons (Fsp3) is 0.333. The average molecular weight is 331 g/mol. The normalized spacial score (nSPS) is 11.1. The molecule has 120 valence electrons. The van der Waals surface area contributed by atoms with E-state index in [0.717, 1.165) is 21.8 Å². The molecule has 0 fully saturated rings. The van der Waals surface area contributed by atoms with Gasteiger partial charge in [0.2, 0.25) is 5.91 Å².